The van der Waals surface area contributed by atoms with Crippen LogP contribution in [0.15, 0.2) is 0 Å². The first-order chi connectivity index (χ1) is 2.00. The van der Waals surface area contributed by atoms with Crippen LogP contribution >= 0.6 is 0 Å². The van der Waals surface area contributed by atoms with E-state index in [-0.39, 0.29) is 114 Å². The van der Waals surface area contributed by atoms with Crippen LogP contribution in [0, 0.1) is 0 Å². The molecule has 0 aromatic rings. The molecule has 22 N–H and O–H groups in total. The first kappa shape index (κ1) is 188. The molecule has 2 radical (unpaired) electrons. The van der Waals surface area contributed by atoms with Gasteiger partial charge in [0.2, 0.25) is 0 Å². The quantitative estimate of drug-likeness (QED) is 0.323. The minimum Gasteiger partial charge on any atom is -0.412 e. The van der Waals surface area contributed by atoms with Crippen LogP contribution in [0.4, 0.5) is 0 Å². The molecule has 0 rings (SSSR count). The second-order valence-corrected chi connectivity index (χ2v) is 1.34. The van der Waals surface area contributed by atoms with Crippen molar-refractivity contribution in [2.24, 2.45) is 0 Å². The van der Waals surface area contributed by atoms with Crippen LogP contribution < -0.4 is 0 Å². The number of hydrogen-bond acceptors (Lipinski definition) is 2. The predicted octanol–water partition coefficient (Wildman–Crippen LogP) is -9.66. The third-order valence-corrected chi connectivity index (χ3v) is 0. The third-order valence-electron chi connectivity index (χ3n) is 0. The van der Waals surface area contributed by atoms with Gasteiger partial charge in [-0.25, -0.2) is 0 Å². The minimum absolute atomic E-state index is 0. The van der Waals surface area contributed by atoms with Gasteiger partial charge in [-0.15, -0.1) is 0 Å². The van der Waals surface area contributed by atoms with E-state index >= 15 is 0 Å². The molecule has 17 heteroatoms. The summed E-state index contributed by atoms with van der Waals surface area (Å²) in [6.45, 7) is 0. The number of hydrogen-bond donors (Lipinski definition) is 2. The molecule has 0 saturated heterocycles. The van der Waals surface area contributed by atoms with Crippen LogP contribution in [-0.2, 0) is 10.4 Å². The second-order valence-electron chi connectivity index (χ2n) is 0.448. The molecule has 114 valence electrons. The fraction of sp³-hybridized carbons (Fsp3) is 0. The Balaban J connectivity index is -0.00000000121. The van der Waals surface area contributed by atoms with Gasteiger partial charge >= 0.3 is 10.4 Å². The summed E-state index contributed by atoms with van der Waals surface area (Å²) in [6, 6.07) is 0. The summed E-state index contributed by atoms with van der Waals surface area (Å²) in [6.07, 6.45) is 0. The molecule has 0 fully saturated rings. The van der Waals surface area contributed by atoms with E-state index < -0.39 is 10.4 Å². The predicted molar refractivity (Wildman–Crippen MR) is 61.8 cm³/mol. The van der Waals surface area contributed by atoms with Gasteiger partial charge in [-0.1, -0.05) is 0 Å². The van der Waals surface area contributed by atoms with Gasteiger partial charge in [0.25, 0.3) is 0 Å². The second kappa shape index (κ2) is 84.9. The van der Waals surface area contributed by atoms with Crippen LogP contribution in [0.2, 0.25) is 0 Å². The van der Waals surface area contributed by atoms with E-state index in [9.17, 15) is 0 Å². The molecule has 0 aliphatic heterocycles. The van der Waals surface area contributed by atoms with Gasteiger partial charge in [-0.2, -0.15) is 8.42 Å². The molecule has 0 unspecified atom stereocenters. The zero-order valence-electron chi connectivity index (χ0n) is 9.12. The van der Waals surface area contributed by atoms with Crippen LogP contribution in [0.1, 0.15) is 0 Å². The van der Waals surface area contributed by atoms with Gasteiger partial charge in [-0.05, 0) is 0 Å². The molecule has 14 nitrogen and oxygen atoms in total. The molecule has 17 heavy (non-hydrogen) atoms. The van der Waals surface area contributed by atoms with Crippen molar-refractivity contribution < 1.29 is 72.3 Å². The van der Waals surface area contributed by atoms with Gasteiger partial charge in [0.05, 0.1) is 0 Å². The topological polar surface area (TPSA) is 390 Å². The van der Waals surface area contributed by atoms with Crippen molar-refractivity contribution in [1.29, 1.82) is 0 Å². The van der Waals surface area contributed by atoms with E-state index in [0.717, 1.165) is 0 Å². The van der Waals surface area contributed by atoms with Gasteiger partial charge in [0, 0.05) is 59.1 Å². The first-order valence-corrected chi connectivity index (χ1v) is 2.10. The molecule has 0 amide bonds. The zero-order chi connectivity index (χ0) is 4.50. The Morgan fingerprint density at radius 2 is 0.471 bits per heavy atom. The molecule has 0 spiro atoms. The summed E-state index contributed by atoms with van der Waals surface area (Å²) < 4.78 is 31.6. The Labute approximate surface area is 141 Å². The molecule has 0 aliphatic carbocycles. The molecule has 0 bridgehead atoms. The van der Waals surface area contributed by atoms with Gasteiger partial charge in [0.1, 0.15) is 0 Å². The molecule has 0 saturated carbocycles. The van der Waals surface area contributed by atoms with Gasteiger partial charge < -0.3 is 54.8 Å². The maximum absolute atomic E-state index is 8.74. The van der Waals surface area contributed by atoms with Gasteiger partial charge in [0.15, 0.2) is 0 Å². The number of rotatable bonds is 0. The molecular weight excluding hydrogens is 302 g/mol. The van der Waals surface area contributed by atoms with E-state index in [4.69, 9.17) is 17.5 Å². The fourth-order valence-electron chi connectivity index (χ4n) is 0. The molecule has 0 aromatic carbocycles. The third kappa shape index (κ3) is 1930. The molecule has 0 aliphatic rings. The SMILES string of the molecule is O.O.O.O.O.O.O.O.O.O.O=S(=O)(O)O.[Na].[Na]. The molecule has 0 heterocycles. The average molecular weight is 324 g/mol. The van der Waals surface area contributed by atoms with Crippen LogP contribution in [-0.4, -0.2) is 131 Å². The van der Waals surface area contributed by atoms with E-state index in [1.807, 2.05) is 0 Å². The van der Waals surface area contributed by atoms with Crippen molar-refractivity contribution in [3.05, 3.63) is 0 Å². The first-order valence-electron chi connectivity index (χ1n) is 0.698. The van der Waals surface area contributed by atoms with Crippen LogP contribution in [0.3, 0.4) is 0 Å². The largest absolute Gasteiger partial charge is 0.412 e. The maximum Gasteiger partial charge on any atom is 0.394 e. The Hall–Kier alpha value is 1.47. The maximum atomic E-state index is 8.74. The van der Waals surface area contributed by atoms with Crippen molar-refractivity contribution >= 4 is 69.5 Å². The van der Waals surface area contributed by atoms with Gasteiger partial charge in [-0.3, -0.25) is 9.11 Å². The summed E-state index contributed by atoms with van der Waals surface area (Å²) in [4.78, 5) is 0. The van der Waals surface area contributed by atoms with Crippen molar-refractivity contribution in [3.8, 4) is 0 Å². The summed E-state index contributed by atoms with van der Waals surface area (Å²) in [7, 11) is -4.67. The van der Waals surface area contributed by atoms with Crippen molar-refractivity contribution in [3.63, 3.8) is 0 Å². The van der Waals surface area contributed by atoms with Crippen molar-refractivity contribution in [2.75, 3.05) is 0 Å². The normalized spacial score (nSPS) is 3.41. The van der Waals surface area contributed by atoms with Crippen molar-refractivity contribution in [1.82, 2.24) is 0 Å². The smallest absolute Gasteiger partial charge is 0.394 e. The Morgan fingerprint density at radius 1 is 0.471 bits per heavy atom. The van der Waals surface area contributed by atoms with E-state index in [1.54, 1.807) is 0 Å². The minimum atomic E-state index is -4.67. The van der Waals surface area contributed by atoms with Crippen molar-refractivity contribution in [2.45, 2.75) is 0 Å². The monoisotopic (exact) mass is 324 g/mol. The summed E-state index contributed by atoms with van der Waals surface area (Å²) >= 11 is 0. The molecule has 0 aromatic heterocycles. The molecule has 0 atom stereocenters. The zero-order valence-corrected chi connectivity index (χ0v) is 13.9. The Morgan fingerprint density at radius 3 is 0.471 bits per heavy atom. The fourth-order valence-corrected chi connectivity index (χ4v) is 0. The summed E-state index contributed by atoms with van der Waals surface area (Å²) in [5.41, 5.74) is 0. The van der Waals surface area contributed by atoms with Crippen LogP contribution in [0.25, 0.3) is 0 Å². The summed E-state index contributed by atoms with van der Waals surface area (Å²) in [5.74, 6) is 0. The van der Waals surface area contributed by atoms with E-state index in [0.29, 0.717) is 0 Å². The summed E-state index contributed by atoms with van der Waals surface area (Å²) in [5, 5.41) is 0. The van der Waals surface area contributed by atoms with E-state index in [2.05, 4.69) is 0 Å². The average Bonchev–Trinajstić information content (AvgIpc) is 0.722. The van der Waals surface area contributed by atoms with Crippen LogP contribution in [0.5, 0.6) is 0 Å². The Bertz CT molecular complexity index is 97.4. The Kier molecular flexibility index (Phi) is 941. The standard InChI is InChI=1S/2Na.H2O4S.10H2O/c;;1-5(2,3)4;;;;;;;;;;/h;;(H2,1,2,3,4);10*1H2. The molecular formula is H22Na2O14S. The van der Waals surface area contributed by atoms with E-state index in [1.165, 1.54) is 0 Å².